The van der Waals surface area contributed by atoms with Crippen LogP contribution in [-0.4, -0.2) is 13.0 Å². The van der Waals surface area contributed by atoms with Gasteiger partial charge < -0.3 is 0 Å². The molecule has 0 aliphatic carbocycles. The fourth-order valence-corrected chi connectivity index (χ4v) is 2.41. The Morgan fingerprint density at radius 3 is 1.83 bits per heavy atom. The van der Waals surface area contributed by atoms with Crippen molar-refractivity contribution in [2.24, 2.45) is 0 Å². The topological polar surface area (TPSA) is 54.4 Å². The van der Waals surface area contributed by atoms with Gasteiger partial charge in [-0.15, -0.1) is 0 Å². The maximum absolute atomic E-state index is 10.7. The molecule has 0 saturated carbocycles. The average molecular weight is 262 g/mol. The Bertz CT molecular complexity index is 601. The molecule has 0 radical (unpaired) electrons. The minimum atomic E-state index is -3.95. The molecule has 0 saturated heterocycles. The molecule has 0 aliphatic rings. The summed E-state index contributed by atoms with van der Waals surface area (Å²) >= 11 is 0. The van der Waals surface area contributed by atoms with Crippen LogP contribution in [0.2, 0.25) is 0 Å². The number of rotatable bonds is 4. The van der Waals surface area contributed by atoms with E-state index >= 15 is 0 Å². The Kier molecular flexibility index (Phi) is 3.79. The summed E-state index contributed by atoms with van der Waals surface area (Å²) in [5.41, 5.74) is 2.91. The molecule has 2 rings (SSSR count). The van der Waals surface area contributed by atoms with Crippen molar-refractivity contribution in [2.75, 3.05) is 0 Å². The van der Waals surface area contributed by atoms with Crippen LogP contribution in [0.4, 0.5) is 0 Å². The van der Waals surface area contributed by atoms with Crippen LogP contribution < -0.4 is 0 Å². The van der Waals surface area contributed by atoms with Gasteiger partial charge in [-0.3, -0.25) is 4.55 Å². The molecule has 0 aromatic heterocycles. The van der Waals surface area contributed by atoms with Gasteiger partial charge in [0.05, 0.1) is 0 Å². The van der Waals surface area contributed by atoms with Crippen LogP contribution in [0, 0.1) is 0 Å². The first-order valence-electron chi connectivity index (χ1n) is 5.60. The Morgan fingerprint density at radius 1 is 0.778 bits per heavy atom. The van der Waals surface area contributed by atoms with Gasteiger partial charge in [-0.1, -0.05) is 54.6 Å². The Hall–Kier alpha value is -1.65. The van der Waals surface area contributed by atoms with Gasteiger partial charge in [-0.25, -0.2) is 0 Å². The van der Waals surface area contributed by atoms with Crippen molar-refractivity contribution in [3.05, 3.63) is 71.3 Å². The molecule has 0 atom stereocenters. The molecular weight excluding hydrogens is 248 g/mol. The van der Waals surface area contributed by atoms with Crippen LogP contribution in [0.1, 0.15) is 16.7 Å². The van der Waals surface area contributed by atoms with Gasteiger partial charge in [-0.2, -0.15) is 8.42 Å². The molecular formula is C14H14O3S. The molecule has 0 spiro atoms. The fraction of sp³-hybridized carbons (Fsp3) is 0.143. The van der Waals surface area contributed by atoms with Gasteiger partial charge >= 0.3 is 0 Å². The lowest BCUT2D eigenvalue weighted by Crippen LogP contribution is -2.01. The summed E-state index contributed by atoms with van der Waals surface area (Å²) in [4.78, 5) is 0. The second kappa shape index (κ2) is 5.33. The highest BCUT2D eigenvalue weighted by atomic mass is 32.2. The monoisotopic (exact) mass is 262 g/mol. The van der Waals surface area contributed by atoms with E-state index in [1.807, 2.05) is 42.5 Å². The smallest absolute Gasteiger partial charge is 0.269 e. The van der Waals surface area contributed by atoms with Crippen molar-refractivity contribution < 1.29 is 13.0 Å². The van der Waals surface area contributed by atoms with Gasteiger partial charge in [0.25, 0.3) is 10.1 Å². The molecule has 0 amide bonds. The molecule has 0 heterocycles. The molecule has 3 nitrogen and oxygen atoms in total. The number of benzene rings is 2. The molecule has 1 N–H and O–H groups in total. The standard InChI is InChI=1S/C14H14O3S/c15-18(16,17)11-14-8-6-13(7-9-14)10-12-4-2-1-3-5-12/h1-9H,10-11H2,(H,15,16,17). The van der Waals surface area contributed by atoms with Crippen LogP contribution in [-0.2, 0) is 22.3 Å². The fourth-order valence-electron chi connectivity index (χ4n) is 1.80. The molecule has 4 heteroatoms. The van der Waals surface area contributed by atoms with E-state index in [1.165, 1.54) is 5.56 Å². The van der Waals surface area contributed by atoms with Gasteiger partial charge in [0.15, 0.2) is 0 Å². The highest BCUT2D eigenvalue weighted by Gasteiger charge is 2.06. The average Bonchev–Trinajstić information content (AvgIpc) is 2.31. The van der Waals surface area contributed by atoms with Gasteiger partial charge in [-0.05, 0) is 23.1 Å². The Labute approximate surface area is 107 Å². The highest BCUT2D eigenvalue weighted by Crippen LogP contribution is 2.12. The summed E-state index contributed by atoms with van der Waals surface area (Å²) in [5, 5.41) is 0. The van der Waals surface area contributed by atoms with E-state index in [4.69, 9.17) is 4.55 Å². The molecule has 0 bridgehead atoms. The van der Waals surface area contributed by atoms with E-state index in [2.05, 4.69) is 0 Å². The minimum Gasteiger partial charge on any atom is -0.285 e. The molecule has 0 fully saturated rings. The predicted octanol–water partition coefficient (Wildman–Crippen LogP) is 2.67. The quantitative estimate of drug-likeness (QED) is 0.862. The zero-order chi connectivity index (χ0) is 13.0. The molecule has 2 aromatic rings. The van der Waals surface area contributed by atoms with Gasteiger partial charge in [0, 0.05) is 0 Å². The summed E-state index contributed by atoms with van der Waals surface area (Å²) in [6.45, 7) is 0. The molecule has 2 aromatic carbocycles. The van der Waals surface area contributed by atoms with Crippen LogP contribution in [0.5, 0.6) is 0 Å². The maximum Gasteiger partial charge on any atom is 0.269 e. The first-order chi connectivity index (χ1) is 8.53. The maximum atomic E-state index is 10.7. The summed E-state index contributed by atoms with van der Waals surface area (Å²) in [6.07, 6.45) is 0.812. The lowest BCUT2D eigenvalue weighted by Gasteiger charge is -2.03. The van der Waals surface area contributed by atoms with E-state index in [-0.39, 0.29) is 5.75 Å². The first-order valence-corrected chi connectivity index (χ1v) is 7.21. The molecule has 94 valence electrons. The third-order valence-electron chi connectivity index (χ3n) is 2.62. The SMILES string of the molecule is O=S(=O)(O)Cc1ccc(Cc2ccccc2)cc1. The third-order valence-corrected chi connectivity index (χ3v) is 3.32. The van der Waals surface area contributed by atoms with Crippen molar-refractivity contribution in [3.63, 3.8) is 0 Å². The van der Waals surface area contributed by atoms with Crippen molar-refractivity contribution >= 4 is 10.1 Å². The lowest BCUT2D eigenvalue weighted by molar-refractivity contribution is 0.482. The summed E-state index contributed by atoms with van der Waals surface area (Å²) in [7, 11) is -3.95. The van der Waals surface area contributed by atoms with Crippen LogP contribution in [0.25, 0.3) is 0 Å². The molecule has 18 heavy (non-hydrogen) atoms. The van der Waals surface area contributed by atoms with Crippen LogP contribution >= 0.6 is 0 Å². The summed E-state index contributed by atoms with van der Waals surface area (Å²) in [6, 6.07) is 17.3. The van der Waals surface area contributed by atoms with E-state index in [0.29, 0.717) is 5.56 Å². The van der Waals surface area contributed by atoms with Crippen molar-refractivity contribution in [1.82, 2.24) is 0 Å². The largest absolute Gasteiger partial charge is 0.285 e. The third kappa shape index (κ3) is 3.98. The van der Waals surface area contributed by atoms with E-state index in [0.717, 1.165) is 12.0 Å². The molecule has 0 aliphatic heterocycles. The Morgan fingerprint density at radius 2 is 1.28 bits per heavy atom. The minimum absolute atomic E-state index is 0.335. The normalized spacial score (nSPS) is 11.4. The van der Waals surface area contributed by atoms with Crippen molar-refractivity contribution in [3.8, 4) is 0 Å². The van der Waals surface area contributed by atoms with Gasteiger partial charge in [0.2, 0.25) is 0 Å². The predicted molar refractivity (Wildman–Crippen MR) is 70.9 cm³/mol. The zero-order valence-corrected chi connectivity index (χ0v) is 10.6. The Balaban J connectivity index is 2.09. The second-order valence-corrected chi connectivity index (χ2v) is 5.66. The first kappa shape index (κ1) is 12.8. The van der Waals surface area contributed by atoms with E-state index in [1.54, 1.807) is 12.1 Å². The summed E-state index contributed by atoms with van der Waals surface area (Å²) in [5.74, 6) is -0.335. The van der Waals surface area contributed by atoms with Crippen LogP contribution in [0.3, 0.4) is 0 Å². The van der Waals surface area contributed by atoms with Crippen molar-refractivity contribution in [2.45, 2.75) is 12.2 Å². The molecule has 0 unspecified atom stereocenters. The number of hydrogen-bond donors (Lipinski definition) is 1. The van der Waals surface area contributed by atoms with Gasteiger partial charge in [0.1, 0.15) is 5.75 Å². The summed E-state index contributed by atoms with van der Waals surface area (Å²) < 4.78 is 30.2. The highest BCUT2D eigenvalue weighted by molar-refractivity contribution is 7.85. The van der Waals surface area contributed by atoms with Crippen molar-refractivity contribution in [1.29, 1.82) is 0 Å². The zero-order valence-electron chi connectivity index (χ0n) is 9.78. The van der Waals surface area contributed by atoms with E-state index < -0.39 is 10.1 Å². The van der Waals surface area contributed by atoms with Crippen LogP contribution in [0.15, 0.2) is 54.6 Å². The lowest BCUT2D eigenvalue weighted by atomic mass is 10.0. The van der Waals surface area contributed by atoms with E-state index in [9.17, 15) is 8.42 Å². The second-order valence-electron chi connectivity index (χ2n) is 4.21. The number of hydrogen-bond acceptors (Lipinski definition) is 2.